The van der Waals surface area contributed by atoms with E-state index in [-0.39, 0.29) is 0 Å². The Morgan fingerprint density at radius 2 is 1.81 bits per heavy atom. The number of likely N-dealkylation sites (tertiary alicyclic amines) is 1. The van der Waals surface area contributed by atoms with Crippen molar-refractivity contribution in [2.75, 3.05) is 32.8 Å². The number of rotatable bonds is 4. The molecule has 2 aliphatic rings. The van der Waals surface area contributed by atoms with Crippen molar-refractivity contribution in [3.05, 3.63) is 35.4 Å². The second kappa shape index (κ2) is 6.93. The summed E-state index contributed by atoms with van der Waals surface area (Å²) in [6.45, 7) is 10.2. The average molecular weight is 287 g/mol. The van der Waals surface area contributed by atoms with Crippen molar-refractivity contribution in [1.29, 1.82) is 0 Å². The first-order valence-electron chi connectivity index (χ1n) is 8.62. The molecule has 2 fully saturated rings. The number of nitrogens with zero attached hydrogens (tertiary/aromatic N) is 1. The third kappa shape index (κ3) is 3.87. The van der Waals surface area contributed by atoms with E-state index in [1.807, 2.05) is 0 Å². The third-order valence-electron chi connectivity index (χ3n) is 5.20. The maximum Gasteiger partial charge on any atom is 0.0507 e. The number of hydrogen-bond acceptors (Lipinski definition) is 2. The molecule has 0 N–H and O–H groups in total. The molecule has 116 valence electrons. The van der Waals surface area contributed by atoms with Crippen LogP contribution in [0.25, 0.3) is 0 Å². The molecule has 0 aromatic heterocycles. The lowest BCUT2D eigenvalue weighted by atomic mass is 9.88. The van der Waals surface area contributed by atoms with Gasteiger partial charge in [0.25, 0.3) is 0 Å². The molecular formula is C19H29NO. The zero-order chi connectivity index (χ0) is 14.7. The van der Waals surface area contributed by atoms with Crippen LogP contribution < -0.4 is 0 Å². The second-order valence-electron chi connectivity index (χ2n) is 7.13. The summed E-state index contributed by atoms with van der Waals surface area (Å²) < 4.78 is 5.49. The summed E-state index contributed by atoms with van der Waals surface area (Å²) in [7, 11) is 0. The quantitative estimate of drug-likeness (QED) is 0.829. The number of hydrogen-bond donors (Lipinski definition) is 0. The Bertz CT molecular complexity index is 425. The maximum absolute atomic E-state index is 5.49. The Hall–Kier alpha value is -0.860. The van der Waals surface area contributed by atoms with E-state index in [1.165, 1.54) is 44.5 Å². The van der Waals surface area contributed by atoms with Crippen LogP contribution in [0.5, 0.6) is 0 Å². The molecule has 3 rings (SSSR count). The Morgan fingerprint density at radius 1 is 1.10 bits per heavy atom. The molecule has 0 saturated carbocycles. The second-order valence-corrected chi connectivity index (χ2v) is 7.13. The van der Waals surface area contributed by atoms with Crippen LogP contribution in [0.3, 0.4) is 0 Å². The molecule has 0 spiro atoms. The summed E-state index contributed by atoms with van der Waals surface area (Å²) in [5, 5.41) is 0. The molecule has 2 heteroatoms. The molecule has 0 radical (unpaired) electrons. The van der Waals surface area contributed by atoms with E-state index >= 15 is 0 Å². The van der Waals surface area contributed by atoms with Gasteiger partial charge in [-0.05, 0) is 61.2 Å². The molecule has 1 aromatic rings. The van der Waals surface area contributed by atoms with Crippen LogP contribution in [0.1, 0.15) is 56.1 Å². The maximum atomic E-state index is 5.49. The van der Waals surface area contributed by atoms with E-state index in [9.17, 15) is 0 Å². The van der Waals surface area contributed by atoms with Gasteiger partial charge in [-0.15, -0.1) is 0 Å². The van der Waals surface area contributed by atoms with Crippen LogP contribution in [-0.2, 0) is 4.74 Å². The summed E-state index contributed by atoms with van der Waals surface area (Å²) in [5.41, 5.74) is 3.00. The molecule has 2 saturated heterocycles. The zero-order valence-corrected chi connectivity index (χ0v) is 13.6. The first kappa shape index (κ1) is 15.1. The molecular weight excluding hydrogens is 258 g/mol. The molecule has 2 nitrogen and oxygen atoms in total. The minimum Gasteiger partial charge on any atom is -0.381 e. The fourth-order valence-corrected chi connectivity index (χ4v) is 3.69. The van der Waals surface area contributed by atoms with E-state index < -0.39 is 0 Å². The monoisotopic (exact) mass is 287 g/mol. The molecule has 0 bridgehead atoms. The van der Waals surface area contributed by atoms with Crippen molar-refractivity contribution in [3.8, 4) is 0 Å². The predicted octanol–water partition coefficient (Wildman–Crippen LogP) is 4.03. The molecule has 1 unspecified atom stereocenters. The van der Waals surface area contributed by atoms with E-state index in [2.05, 4.69) is 43.0 Å². The van der Waals surface area contributed by atoms with Crippen LogP contribution in [0.15, 0.2) is 24.3 Å². The smallest absolute Gasteiger partial charge is 0.0507 e. The molecule has 2 aliphatic heterocycles. The normalized spacial score (nSPS) is 24.8. The molecule has 1 atom stereocenters. The highest BCUT2D eigenvalue weighted by molar-refractivity contribution is 5.27. The summed E-state index contributed by atoms with van der Waals surface area (Å²) in [6.07, 6.45) is 3.89. The summed E-state index contributed by atoms with van der Waals surface area (Å²) in [6, 6.07) is 9.37. The van der Waals surface area contributed by atoms with Crippen LogP contribution in [0.4, 0.5) is 0 Å². The van der Waals surface area contributed by atoms with Gasteiger partial charge in [0.1, 0.15) is 0 Å². The van der Waals surface area contributed by atoms with Crippen LogP contribution >= 0.6 is 0 Å². The topological polar surface area (TPSA) is 12.5 Å². The van der Waals surface area contributed by atoms with Crippen molar-refractivity contribution in [2.24, 2.45) is 5.92 Å². The Kier molecular flexibility index (Phi) is 4.97. The number of benzene rings is 1. The lowest BCUT2D eigenvalue weighted by Gasteiger charge is -2.33. The largest absolute Gasteiger partial charge is 0.381 e. The highest BCUT2D eigenvalue weighted by atomic mass is 16.5. The molecule has 21 heavy (non-hydrogen) atoms. The van der Waals surface area contributed by atoms with Gasteiger partial charge in [0.05, 0.1) is 6.61 Å². The minimum absolute atomic E-state index is 0.634. The number of piperidine rings is 1. The van der Waals surface area contributed by atoms with Gasteiger partial charge in [-0.3, -0.25) is 0 Å². The number of ether oxygens (including phenoxy) is 1. The highest BCUT2D eigenvalue weighted by Gasteiger charge is 2.24. The van der Waals surface area contributed by atoms with Crippen molar-refractivity contribution in [1.82, 2.24) is 4.90 Å². The summed E-state index contributed by atoms with van der Waals surface area (Å²) in [4.78, 5) is 2.65. The first-order chi connectivity index (χ1) is 10.2. The van der Waals surface area contributed by atoms with E-state index in [0.29, 0.717) is 5.92 Å². The molecule has 2 heterocycles. The molecule has 0 amide bonds. The van der Waals surface area contributed by atoms with Crippen molar-refractivity contribution >= 4 is 0 Å². The highest BCUT2D eigenvalue weighted by Crippen LogP contribution is 2.29. The Morgan fingerprint density at radius 3 is 2.38 bits per heavy atom. The van der Waals surface area contributed by atoms with Gasteiger partial charge in [0, 0.05) is 13.2 Å². The Balaban J connectivity index is 1.50. The third-order valence-corrected chi connectivity index (χ3v) is 5.20. The van der Waals surface area contributed by atoms with Gasteiger partial charge in [-0.1, -0.05) is 38.1 Å². The summed E-state index contributed by atoms with van der Waals surface area (Å²) >= 11 is 0. The first-order valence-corrected chi connectivity index (χ1v) is 8.62. The molecule has 1 aromatic carbocycles. The van der Waals surface area contributed by atoms with E-state index in [1.54, 1.807) is 5.56 Å². The fourth-order valence-electron chi connectivity index (χ4n) is 3.69. The van der Waals surface area contributed by atoms with E-state index in [0.717, 1.165) is 25.0 Å². The Labute approximate surface area is 129 Å². The predicted molar refractivity (Wildman–Crippen MR) is 87.9 cm³/mol. The lowest BCUT2D eigenvalue weighted by Crippen LogP contribution is -2.36. The van der Waals surface area contributed by atoms with Gasteiger partial charge < -0.3 is 9.64 Å². The van der Waals surface area contributed by atoms with Crippen LogP contribution in [-0.4, -0.2) is 37.7 Å². The summed E-state index contributed by atoms with van der Waals surface area (Å²) in [5.74, 6) is 2.18. The van der Waals surface area contributed by atoms with E-state index in [4.69, 9.17) is 4.74 Å². The standard InChI is InChI=1S/C19H29NO/c1-15(2)17-3-5-18(6-4-17)19-7-10-20(11-8-19)13-16-9-12-21-14-16/h3-6,15-16,19H,7-14H2,1-2H3. The molecule has 0 aliphatic carbocycles. The van der Waals surface area contributed by atoms with Crippen molar-refractivity contribution < 1.29 is 4.74 Å². The van der Waals surface area contributed by atoms with Gasteiger partial charge in [-0.2, -0.15) is 0 Å². The van der Waals surface area contributed by atoms with Crippen LogP contribution in [0.2, 0.25) is 0 Å². The van der Waals surface area contributed by atoms with Gasteiger partial charge in [0.2, 0.25) is 0 Å². The van der Waals surface area contributed by atoms with Gasteiger partial charge in [0.15, 0.2) is 0 Å². The van der Waals surface area contributed by atoms with Crippen LogP contribution in [0, 0.1) is 5.92 Å². The van der Waals surface area contributed by atoms with Gasteiger partial charge in [-0.25, -0.2) is 0 Å². The fraction of sp³-hybridized carbons (Fsp3) is 0.684. The van der Waals surface area contributed by atoms with Gasteiger partial charge >= 0.3 is 0 Å². The SMILES string of the molecule is CC(C)c1ccc(C2CCN(CC3CCOC3)CC2)cc1. The zero-order valence-electron chi connectivity index (χ0n) is 13.6. The lowest BCUT2D eigenvalue weighted by molar-refractivity contribution is 0.152. The van der Waals surface area contributed by atoms with Crippen molar-refractivity contribution in [2.45, 2.75) is 44.9 Å². The minimum atomic E-state index is 0.634. The average Bonchev–Trinajstić information content (AvgIpc) is 3.01. The van der Waals surface area contributed by atoms with Crippen molar-refractivity contribution in [3.63, 3.8) is 0 Å².